The first kappa shape index (κ1) is 19.8. The van der Waals surface area contributed by atoms with Crippen molar-refractivity contribution >= 4 is 22.8 Å². The predicted octanol–water partition coefficient (Wildman–Crippen LogP) is 2.40. The highest BCUT2D eigenvalue weighted by Crippen LogP contribution is 2.24. The number of benzene rings is 1. The van der Waals surface area contributed by atoms with Crippen molar-refractivity contribution in [3.8, 4) is 0 Å². The van der Waals surface area contributed by atoms with Crippen LogP contribution in [0.4, 0.5) is 9.18 Å². The number of likely N-dealkylation sites (tertiary alicyclic amines) is 2. The SMILES string of the molecule is CCOC(=O)C1CCN(C(=O)N2CC[C@H](S(=O)c3ccc(F)cc3)C2)CC1. The second kappa shape index (κ2) is 8.82. The van der Waals surface area contributed by atoms with Crippen LogP contribution in [-0.4, -0.2) is 64.0 Å². The summed E-state index contributed by atoms with van der Waals surface area (Å²) in [7, 11) is -1.26. The van der Waals surface area contributed by atoms with Crippen molar-refractivity contribution in [2.75, 3.05) is 32.8 Å². The van der Waals surface area contributed by atoms with Crippen molar-refractivity contribution in [2.45, 2.75) is 36.3 Å². The third kappa shape index (κ3) is 4.66. The van der Waals surface area contributed by atoms with Crippen LogP contribution in [0.25, 0.3) is 0 Å². The lowest BCUT2D eigenvalue weighted by Gasteiger charge is -2.33. The van der Waals surface area contributed by atoms with Crippen molar-refractivity contribution in [3.63, 3.8) is 0 Å². The summed E-state index contributed by atoms with van der Waals surface area (Å²) in [6, 6.07) is 5.62. The highest BCUT2D eigenvalue weighted by atomic mass is 32.2. The van der Waals surface area contributed by atoms with Crippen molar-refractivity contribution < 1.29 is 22.9 Å². The molecule has 8 heteroatoms. The molecule has 2 heterocycles. The molecular weight excluding hydrogens is 371 g/mol. The van der Waals surface area contributed by atoms with Crippen molar-refractivity contribution in [2.24, 2.45) is 5.92 Å². The number of amides is 2. The molecule has 2 aliphatic heterocycles. The van der Waals surface area contributed by atoms with Crippen LogP contribution in [0.3, 0.4) is 0 Å². The molecule has 0 spiro atoms. The zero-order valence-electron chi connectivity index (χ0n) is 15.4. The van der Waals surface area contributed by atoms with Gasteiger partial charge in [0.1, 0.15) is 5.82 Å². The van der Waals surface area contributed by atoms with Gasteiger partial charge in [0.05, 0.1) is 28.6 Å². The van der Waals surface area contributed by atoms with Gasteiger partial charge in [-0.15, -0.1) is 0 Å². The normalized spacial score (nSPS) is 21.9. The predicted molar refractivity (Wildman–Crippen MR) is 99.1 cm³/mol. The minimum absolute atomic E-state index is 0.0593. The van der Waals surface area contributed by atoms with Gasteiger partial charge in [-0.05, 0) is 50.5 Å². The molecule has 1 aromatic rings. The summed E-state index contributed by atoms with van der Waals surface area (Å²) in [5.41, 5.74) is 0. The van der Waals surface area contributed by atoms with Crippen LogP contribution in [0.1, 0.15) is 26.2 Å². The van der Waals surface area contributed by atoms with Gasteiger partial charge in [-0.25, -0.2) is 9.18 Å². The Morgan fingerprint density at radius 3 is 2.37 bits per heavy atom. The Bertz CT molecular complexity index is 704. The molecule has 2 fully saturated rings. The highest BCUT2D eigenvalue weighted by molar-refractivity contribution is 7.85. The smallest absolute Gasteiger partial charge is 0.320 e. The summed E-state index contributed by atoms with van der Waals surface area (Å²) in [4.78, 5) is 28.6. The maximum Gasteiger partial charge on any atom is 0.320 e. The topological polar surface area (TPSA) is 66.9 Å². The van der Waals surface area contributed by atoms with E-state index < -0.39 is 10.8 Å². The van der Waals surface area contributed by atoms with Gasteiger partial charge in [-0.1, -0.05) is 0 Å². The first-order chi connectivity index (χ1) is 13.0. The molecule has 3 rings (SSSR count). The van der Waals surface area contributed by atoms with Crippen molar-refractivity contribution in [1.29, 1.82) is 0 Å². The average molecular weight is 396 g/mol. The number of hydrogen-bond donors (Lipinski definition) is 0. The van der Waals surface area contributed by atoms with Gasteiger partial charge < -0.3 is 14.5 Å². The molecule has 2 amide bonds. The molecule has 0 radical (unpaired) electrons. The van der Waals surface area contributed by atoms with E-state index in [9.17, 15) is 18.2 Å². The number of halogens is 1. The lowest BCUT2D eigenvalue weighted by atomic mass is 9.97. The summed E-state index contributed by atoms with van der Waals surface area (Å²) < 4.78 is 30.8. The quantitative estimate of drug-likeness (QED) is 0.733. The van der Waals surface area contributed by atoms with E-state index in [1.807, 2.05) is 0 Å². The first-order valence-electron chi connectivity index (χ1n) is 9.36. The number of ether oxygens (including phenoxy) is 1. The molecule has 2 saturated heterocycles. The largest absolute Gasteiger partial charge is 0.466 e. The van der Waals surface area contributed by atoms with E-state index in [0.29, 0.717) is 56.9 Å². The summed E-state index contributed by atoms with van der Waals surface area (Å²) in [5, 5.41) is -0.142. The van der Waals surface area contributed by atoms with Gasteiger partial charge in [0.2, 0.25) is 0 Å². The Labute approximate surface area is 161 Å². The zero-order chi connectivity index (χ0) is 19.4. The number of rotatable bonds is 4. The summed E-state index contributed by atoms with van der Waals surface area (Å²) in [6.45, 7) is 4.22. The number of carbonyl (C=O) groups excluding carboxylic acids is 2. The molecule has 0 aliphatic carbocycles. The van der Waals surface area contributed by atoms with E-state index >= 15 is 0 Å². The number of piperidine rings is 1. The van der Waals surface area contributed by atoms with E-state index in [-0.39, 0.29) is 29.0 Å². The van der Waals surface area contributed by atoms with E-state index in [0.717, 1.165) is 0 Å². The molecule has 6 nitrogen and oxygen atoms in total. The second-order valence-corrected chi connectivity index (χ2v) is 8.64. The van der Waals surface area contributed by atoms with Gasteiger partial charge >= 0.3 is 12.0 Å². The number of nitrogens with zero attached hydrogens (tertiary/aromatic N) is 2. The Morgan fingerprint density at radius 2 is 1.74 bits per heavy atom. The van der Waals surface area contributed by atoms with Crippen LogP contribution < -0.4 is 0 Å². The Kier molecular flexibility index (Phi) is 6.46. The Balaban J connectivity index is 1.51. The lowest BCUT2D eigenvalue weighted by molar-refractivity contribution is -0.149. The molecule has 0 saturated carbocycles. The van der Waals surface area contributed by atoms with Crippen molar-refractivity contribution in [3.05, 3.63) is 30.1 Å². The summed E-state index contributed by atoms with van der Waals surface area (Å²) in [5.74, 6) is -0.669. The average Bonchev–Trinajstić information content (AvgIpc) is 3.18. The third-order valence-electron chi connectivity index (χ3n) is 5.15. The fraction of sp³-hybridized carbons (Fsp3) is 0.579. The summed E-state index contributed by atoms with van der Waals surface area (Å²) in [6.07, 6.45) is 1.89. The Hall–Kier alpha value is -1.96. The molecule has 27 heavy (non-hydrogen) atoms. The van der Waals surface area contributed by atoms with Gasteiger partial charge in [-0.2, -0.15) is 0 Å². The van der Waals surface area contributed by atoms with E-state index in [1.54, 1.807) is 16.7 Å². The van der Waals surface area contributed by atoms with E-state index in [1.165, 1.54) is 24.3 Å². The van der Waals surface area contributed by atoms with Crippen LogP contribution >= 0.6 is 0 Å². The monoisotopic (exact) mass is 396 g/mol. The highest BCUT2D eigenvalue weighted by Gasteiger charge is 2.35. The number of urea groups is 1. The summed E-state index contributed by atoms with van der Waals surface area (Å²) >= 11 is 0. The molecule has 2 aliphatic rings. The minimum Gasteiger partial charge on any atom is -0.466 e. The van der Waals surface area contributed by atoms with Crippen LogP contribution in [0.2, 0.25) is 0 Å². The Morgan fingerprint density at radius 1 is 1.11 bits per heavy atom. The fourth-order valence-corrected chi connectivity index (χ4v) is 5.03. The number of hydrogen-bond acceptors (Lipinski definition) is 4. The van der Waals surface area contributed by atoms with Gasteiger partial charge in [0, 0.05) is 31.1 Å². The molecule has 148 valence electrons. The standard InChI is InChI=1S/C19H25FN2O4S/c1-2-26-18(23)14-7-10-21(11-8-14)19(24)22-12-9-17(13-22)27(25)16-5-3-15(20)4-6-16/h3-6,14,17H,2,7-13H2,1H3/t17-,27?/m0/s1. The van der Waals surface area contributed by atoms with E-state index in [4.69, 9.17) is 4.74 Å². The minimum atomic E-state index is -1.26. The molecule has 0 bridgehead atoms. The van der Waals surface area contributed by atoms with Crippen molar-refractivity contribution in [1.82, 2.24) is 9.80 Å². The van der Waals surface area contributed by atoms with Gasteiger partial charge in [-0.3, -0.25) is 9.00 Å². The third-order valence-corrected chi connectivity index (χ3v) is 6.88. The van der Waals surface area contributed by atoms with Crippen LogP contribution in [0, 0.1) is 11.7 Å². The molecule has 2 atom stereocenters. The molecule has 0 N–H and O–H groups in total. The van der Waals surface area contributed by atoms with Crippen LogP contribution in [-0.2, 0) is 20.3 Å². The van der Waals surface area contributed by atoms with Crippen LogP contribution in [0.15, 0.2) is 29.2 Å². The van der Waals surface area contributed by atoms with E-state index in [2.05, 4.69) is 0 Å². The zero-order valence-corrected chi connectivity index (χ0v) is 16.3. The number of carbonyl (C=O) groups is 2. The lowest BCUT2D eigenvalue weighted by Crippen LogP contribution is -2.47. The molecule has 0 aromatic heterocycles. The fourth-order valence-electron chi connectivity index (χ4n) is 3.60. The maximum atomic E-state index is 13.0. The van der Waals surface area contributed by atoms with Gasteiger partial charge in [0.25, 0.3) is 0 Å². The molecular formula is C19H25FN2O4S. The molecule has 1 aromatic carbocycles. The first-order valence-corrected chi connectivity index (χ1v) is 10.6. The molecule has 1 unspecified atom stereocenters. The van der Waals surface area contributed by atoms with Gasteiger partial charge in [0.15, 0.2) is 0 Å². The number of esters is 1. The van der Waals surface area contributed by atoms with Crippen LogP contribution in [0.5, 0.6) is 0 Å². The maximum absolute atomic E-state index is 13.0. The second-order valence-electron chi connectivity index (χ2n) is 6.90.